The van der Waals surface area contributed by atoms with E-state index in [0.29, 0.717) is 0 Å². The minimum Gasteiger partial charge on any atom is -0.394 e. The number of aliphatic hydroxyl groups excluding tert-OH is 4. The summed E-state index contributed by atoms with van der Waals surface area (Å²) in [5.74, 6) is -1.09. The van der Waals surface area contributed by atoms with Crippen molar-refractivity contribution < 1.29 is 38.7 Å². The lowest BCUT2D eigenvalue weighted by Crippen LogP contribution is -2.64. The van der Waals surface area contributed by atoms with E-state index < -0.39 is 56.0 Å². The molecule has 5 atom stereocenters. The van der Waals surface area contributed by atoms with Crippen LogP contribution in [0.1, 0.15) is 6.42 Å². The van der Waals surface area contributed by atoms with Gasteiger partial charge in [-0.25, -0.2) is 8.78 Å². The molecule has 0 aromatic heterocycles. The molecule has 1 aliphatic rings. The third-order valence-corrected chi connectivity index (χ3v) is 2.57. The normalized spacial score (nSPS) is 36.7. The summed E-state index contributed by atoms with van der Waals surface area (Å²) in [6.45, 7) is -0.646. The van der Waals surface area contributed by atoms with Gasteiger partial charge in [0, 0.05) is 0 Å². The zero-order valence-electron chi connectivity index (χ0n) is 9.24. The maximum atomic E-state index is 11.9. The van der Waals surface area contributed by atoms with Crippen LogP contribution in [0.5, 0.6) is 0 Å². The van der Waals surface area contributed by atoms with Gasteiger partial charge in [-0.15, -0.1) is 0 Å². The molecule has 106 valence electrons. The first-order valence-corrected chi connectivity index (χ1v) is 5.24. The number of hydrogen-bond donors (Lipinski definition) is 5. The number of halogens is 2. The van der Waals surface area contributed by atoms with Crippen LogP contribution < -0.4 is 5.32 Å². The smallest absolute Gasteiger partial charge is 0.247 e. The number of ether oxygens (including phenoxy) is 1. The van der Waals surface area contributed by atoms with E-state index in [1.807, 2.05) is 5.32 Å². The average Bonchev–Trinajstić information content (AvgIpc) is 2.28. The van der Waals surface area contributed by atoms with Crippen LogP contribution in [-0.4, -0.2) is 70.0 Å². The van der Waals surface area contributed by atoms with Gasteiger partial charge in [0.05, 0.1) is 13.0 Å². The topological polar surface area (TPSA) is 119 Å². The van der Waals surface area contributed by atoms with Crippen molar-refractivity contribution >= 4 is 5.91 Å². The molecule has 18 heavy (non-hydrogen) atoms. The second-order valence-corrected chi connectivity index (χ2v) is 3.92. The fraction of sp³-hybridized carbons (Fsp3) is 0.889. The lowest BCUT2D eigenvalue weighted by molar-refractivity contribution is -0.254. The Kier molecular flexibility index (Phi) is 5.35. The number of carbonyl (C=O) groups excluding carboxylic acids is 1. The van der Waals surface area contributed by atoms with Crippen LogP contribution in [0.2, 0.25) is 0 Å². The highest BCUT2D eigenvalue weighted by atomic mass is 19.3. The summed E-state index contributed by atoms with van der Waals surface area (Å²) in [5.41, 5.74) is 0. The molecule has 0 saturated carbocycles. The lowest BCUT2D eigenvalue weighted by Gasteiger charge is -2.40. The molecule has 0 bridgehead atoms. The van der Waals surface area contributed by atoms with E-state index in [2.05, 4.69) is 0 Å². The van der Waals surface area contributed by atoms with E-state index in [9.17, 15) is 28.9 Å². The number of carbonyl (C=O) groups is 1. The van der Waals surface area contributed by atoms with E-state index in [-0.39, 0.29) is 0 Å². The van der Waals surface area contributed by atoms with Crippen molar-refractivity contribution in [3.05, 3.63) is 0 Å². The van der Waals surface area contributed by atoms with Crippen molar-refractivity contribution in [2.75, 3.05) is 6.61 Å². The number of amides is 1. The van der Waals surface area contributed by atoms with Gasteiger partial charge in [-0.05, 0) is 0 Å². The molecule has 5 N–H and O–H groups in total. The van der Waals surface area contributed by atoms with E-state index in [4.69, 9.17) is 9.84 Å². The largest absolute Gasteiger partial charge is 0.394 e. The highest BCUT2D eigenvalue weighted by Crippen LogP contribution is 2.19. The summed E-state index contributed by atoms with van der Waals surface area (Å²) < 4.78 is 28.6. The molecule has 0 spiro atoms. The molecule has 1 heterocycles. The van der Waals surface area contributed by atoms with Crippen LogP contribution in [0, 0.1) is 0 Å². The summed E-state index contributed by atoms with van der Waals surface area (Å²) >= 11 is 0. The number of alkyl halides is 2. The highest BCUT2D eigenvalue weighted by molar-refractivity contribution is 5.76. The molecule has 0 aromatic carbocycles. The summed E-state index contributed by atoms with van der Waals surface area (Å²) in [6, 6.07) is -1.44. The van der Waals surface area contributed by atoms with Gasteiger partial charge in [-0.2, -0.15) is 0 Å². The van der Waals surface area contributed by atoms with Crippen molar-refractivity contribution in [1.29, 1.82) is 0 Å². The van der Waals surface area contributed by atoms with E-state index in [0.717, 1.165) is 0 Å². The Morgan fingerprint density at radius 1 is 1.28 bits per heavy atom. The van der Waals surface area contributed by atoms with Gasteiger partial charge < -0.3 is 30.5 Å². The second-order valence-electron chi connectivity index (χ2n) is 3.92. The van der Waals surface area contributed by atoms with Gasteiger partial charge in [-0.1, -0.05) is 0 Å². The summed E-state index contributed by atoms with van der Waals surface area (Å²) in [4.78, 5) is 11.1. The summed E-state index contributed by atoms with van der Waals surface area (Å²) in [7, 11) is 0. The zero-order valence-corrected chi connectivity index (χ0v) is 9.24. The molecule has 1 aliphatic heterocycles. The van der Waals surface area contributed by atoms with Crippen LogP contribution >= 0.6 is 0 Å². The van der Waals surface area contributed by atoms with Crippen molar-refractivity contribution in [2.45, 2.75) is 43.5 Å². The van der Waals surface area contributed by atoms with Crippen LogP contribution in [0.25, 0.3) is 0 Å². The average molecular weight is 271 g/mol. The molecule has 0 aromatic rings. The third kappa shape index (κ3) is 3.56. The van der Waals surface area contributed by atoms with Crippen molar-refractivity contribution in [3.8, 4) is 0 Å². The quantitative estimate of drug-likeness (QED) is 0.387. The molecule has 1 amide bonds. The van der Waals surface area contributed by atoms with Crippen molar-refractivity contribution in [2.24, 2.45) is 0 Å². The number of aliphatic hydroxyl groups is 4. The minimum absolute atomic E-state index is 0.646. The molecular formula is C9H15F2NO6. The summed E-state index contributed by atoms with van der Waals surface area (Å²) in [5, 5.41) is 39.2. The van der Waals surface area contributed by atoms with Gasteiger partial charge in [0.2, 0.25) is 12.3 Å². The molecule has 0 radical (unpaired) electrons. The molecule has 7 nitrogen and oxygen atoms in total. The Morgan fingerprint density at radius 2 is 1.89 bits per heavy atom. The predicted molar refractivity (Wildman–Crippen MR) is 52.5 cm³/mol. The van der Waals surface area contributed by atoms with Gasteiger partial charge in [-0.3, -0.25) is 4.79 Å². The van der Waals surface area contributed by atoms with Gasteiger partial charge >= 0.3 is 0 Å². The highest BCUT2D eigenvalue weighted by Gasteiger charge is 2.44. The molecule has 9 heteroatoms. The maximum absolute atomic E-state index is 11.9. The molecule has 1 rings (SSSR count). The maximum Gasteiger partial charge on any atom is 0.247 e. The van der Waals surface area contributed by atoms with Gasteiger partial charge in [0.15, 0.2) is 6.29 Å². The van der Waals surface area contributed by atoms with E-state index in [1.165, 1.54) is 0 Å². The first-order chi connectivity index (χ1) is 8.36. The standard InChI is InChI=1S/C9H15F2NO6/c10-4(11)1-5(14)12-6-8(16)7(15)3(2-13)18-9(6)17/h3-4,6-9,13,15-17H,1-2H2,(H,12,14)/t3-,6-,7+,8-,9?/m1/s1. The molecule has 1 fully saturated rings. The summed E-state index contributed by atoms with van der Waals surface area (Å²) in [6.07, 6.45) is -10.0. The van der Waals surface area contributed by atoms with E-state index >= 15 is 0 Å². The van der Waals surface area contributed by atoms with Crippen LogP contribution in [0.4, 0.5) is 8.78 Å². The van der Waals surface area contributed by atoms with Crippen molar-refractivity contribution in [3.63, 3.8) is 0 Å². The van der Waals surface area contributed by atoms with Gasteiger partial charge in [0.25, 0.3) is 0 Å². The van der Waals surface area contributed by atoms with Crippen LogP contribution in [-0.2, 0) is 9.53 Å². The van der Waals surface area contributed by atoms with Crippen LogP contribution in [0.3, 0.4) is 0 Å². The first kappa shape index (κ1) is 15.2. The Hall–Kier alpha value is -0.870. The Bertz CT molecular complexity index is 292. The Labute approximate surface area is 101 Å². The zero-order chi connectivity index (χ0) is 13.9. The monoisotopic (exact) mass is 271 g/mol. The Balaban J connectivity index is 2.62. The predicted octanol–water partition coefficient (Wildman–Crippen LogP) is -2.44. The number of hydrogen-bond acceptors (Lipinski definition) is 6. The lowest BCUT2D eigenvalue weighted by atomic mass is 9.97. The van der Waals surface area contributed by atoms with Crippen molar-refractivity contribution in [1.82, 2.24) is 5.32 Å². The fourth-order valence-corrected chi connectivity index (χ4v) is 1.64. The molecular weight excluding hydrogens is 256 g/mol. The van der Waals surface area contributed by atoms with Gasteiger partial charge in [0.1, 0.15) is 24.4 Å². The first-order valence-electron chi connectivity index (χ1n) is 5.24. The Morgan fingerprint density at radius 3 is 2.39 bits per heavy atom. The minimum atomic E-state index is -2.86. The number of rotatable bonds is 4. The number of nitrogens with one attached hydrogen (secondary N) is 1. The molecule has 1 unspecified atom stereocenters. The fourth-order valence-electron chi connectivity index (χ4n) is 1.64. The molecule has 1 saturated heterocycles. The van der Waals surface area contributed by atoms with Crippen LogP contribution in [0.15, 0.2) is 0 Å². The van der Waals surface area contributed by atoms with E-state index in [1.54, 1.807) is 0 Å². The third-order valence-electron chi connectivity index (χ3n) is 2.57. The molecule has 0 aliphatic carbocycles. The SMILES string of the molecule is O=C(CC(F)F)N[C@H]1C(O)O[C@H](CO)[C@H](O)[C@@H]1O. The second kappa shape index (κ2) is 6.34.